The van der Waals surface area contributed by atoms with Gasteiger partial charge in [0.05, 0.1) is 17.6 Å². The van der Waals surface area contributed by atoms with Crippen molar-refractivity contribution < 1.29 is 27.3 Å². The lowest BCUT2D eigenvalue weighted by molar-refractivity contribution is 0.0472. The third-order valence-corrected chi connectivity index (χ3v) is 5.41. The molecule has 138 valence electrons. The van der Waals surface area contributed by atoms with E-state index >= 15 is 0 Å². The summed E-state index contributed by atoms with van der Waals surface area (Å²) < 4.78 is 34.8. The molecule has 9 heteroatoms. The quantitative estimate of drug-likeness (QED) is 0.575. The molecular formula is C17H18N2O6S. The molecule has 0 bridgehead atoms. The van der Waals surface area contributed by atoms with Crippen LogP contribution in [0.15, 0.2) is 22.7 Å². The summed E-state index contributed by atoms with van der Waals surface area (Å²) in [6.07, 6.45) is 1.68. The van der Waals surface area contributed by atoms with Gasteiger partial charge < -0.3 is 9.26 Å². The second-order valence-corrected chi connectivity index (χ2v) is 8.03. The highest BCUT2D eigenvalue weighted by atomic mass is 32.2. The van der Waals surface area contributed by atoms with Crippen LogP contribution in [0.25, 0.3) is 0 Å². The monoisotopic (exact) mass is 378 g/mol. The number of ether oxygens (including phenoxy) is 1. The van der Waals surface area contributed by atoms with Crippen LogP contribution in [0.5, 0.6) is 0 Å². The lowest BCUT2D eigenvalue weighted by Crippen LogP contribution is -2.27. The maximum atomic E-state index is 12.3. The summed E-state index contributed by atoms with van der Waals surface area (Å²) in [5.41, 5.74) is 2.34. The fourth-order valence-corrected chi connectivity index (χ4v) is 3.91. The van der Waals surface area contributed by atoms with Gasteiger partial charge in [-0.15, -0.1) is 0 Å². The number of rotatable bonds is 5. The molecule has 0 radical (unpaired) electrons. The molecule has 0 N–H and O–H groups in total. The van der Waals surface area contributed by atoms with Crippen molar-refractivity contribution in [2.24, 2.45) is 0 Å². The minimum Gasteiger partial charge on any atom is -0.454 e. The Bertz CT molecular complexity index is 973. The van der Waals surface area contributed by atoms with Gasteiger partial charge in [0, 0.05) is 12.1 Å². The molecule has 1 aromatic carbocycles. The van der Waals surface area contributed by atoms with E-state index in [0.717, 1.165) is 11.8 Å². The topological polar surface area (TPSA) is 107 Å². The van der Waals surface area contributed by atoms with Crippen LogP contribution in [0.1, 0.15) is 37.7 Å². The molecule has 0 amide bonds. The second-order valence-electron chi connectivity index (χ2n) is 6.13. The predicted octanol–water partition coefficient (Wildman–Crippen LogP) is 1.65. The third kappa shape index (κ3) is 3.34. The normalized spacial score (nSPS) is 13.6. The van der Waals surface area contributed by atoms with Gasteiger partial charge in [-0.2, -0.15) is 0 Å². The number of anilines is 1. The zero-order valence-electron chi connectivity index (χ0n) is 14.6. The molecule has 2 heterocycles. The number of aromatic nitrogens is 1. The Balaban J connectivity index is 1.71. The van der Waals surface area contributed by atoms with Crippen molar-refractivity contribution in [2.75, 3.05) is 23.7 Å². The number of aryl methyl sites for hydroxylation is 2. The summed E-state index contributed by atoms with van der Waals surface area (Å²) in [4.78, 5) is 24.4. The molecule has 1 aliphatic heterocycles. The molecule has 3 rings (SSSR count). The molecule has 26 heavy (non-hydrogen) atoms. The molecule has 0 unspecified atom stereocenters. The van der Waals surface area contributed by atoms with Crippen LogP contribution >= 0.6 is 0 Å². The smallest absolute Gasteiger partial charge is 0.344 e. The molecule has 0 atom stereocenters. The van der Waals surface area contributed by atoms with Crippen molar-refractivity contribution in [3.05, 3.63) is 46.3 Å². The molecule has 0 fully saturated rings. The standard InChI is InChI=1S/C17H18N2O6S/c1-10-16(11(2)25-18-10)17(21)24-9-15(20)13-4-5-14-12(8-13)6-7-19(14)26(3,22)23/h4-5,8H,6-7,9H2,1-3H3. The summed E-state index contributed by atoms with van der Waals surface area (Å²) in [6.45, 7) is 3.14. The summed E-state index contributed by atoms with van der Waals surface area (Å²) in [5, 5.41) is 3.67. The lowest BCUT2D eigenvalue weighted by Gasteiger charge is -2.16. The molecule has 0 saturated heterocycles. The number of carbonyl (C=O) groups excluding carboxylic acids is 2. The van der Waals surface area contributed by atoms with Gasteiger partial charge >= 0.3 is 5.97 Å². The van der Waals surface area contributed by atoms with E-state index in [-0.39, 0.29) is 11.3 Å². The number of carbonyl (C=O) groups is 2. The van der Waals surface area contributed by atoms with Crippen LogP contribution < -0.4 is 4.31 Å². The summed E-state index contributed by atoms with van der Waals surface area (Å²) >= 11 is 0. The SMILES string of the molecule is Cc1noc(C)c1C(=O)OCC(=O)c1ccc2c(c1)CCN2S(C)(=O)=O. The minimum absolute atomic E-state index is 0.218. The first-order chi connectivity index (χ1) is 12.2. The van der Waals surface area contributed by atoms with Crippen LogP contribution in [-0.2, 0) is 21.2 Å². The molecule has 0 aliphatic carbocycles. The van der Waals surface area contributed by atoms with E-state index in [2.05, 4.69) is 5.16 Å². The molecule has 0 spiro atoms. The Labute approximate surface area is 150 Å². The predicted molar refractivity (Wildman–Crippen MR) is 92.9 cm³/mol. The van der Waals surface area contributed by atoms with E-state index in [0.29, 0.717) is 35.7 Å². The van der Waals surface area contributed by atoms with E-state index in [1.807, 2.05) is 0 Å². The first-order valence-electron chi connectivity index (χ1n) is 7.92. The second kappa shape index (κ2) is 6.56. The molecule has 2 aromatic rings. The van der Waals surface area contributed by atoms with Crippen molar-refractivity contribution in [3.8, 4) is 0 Å². The molecule has 1 aromatic heterocycles. The molecular weight excluding hydrogens is 360 g/mol. The number of hydrogen-bond donors (Lipinski definition) is 0. The average molecular weight is 378 g/mol. The van der Waals surface area contributed by atoms with Crippen molar-refractivity contribution in [1.82, 2.24) is 5.16 Å². The number of fused-ring (bicyclic) bond motifs is 1. The van der Waals surface area contributed by atoms with E-state index in [4.69, 9.17) is 9.26 Å². The Morgan fingerprint density at radius 2 is 2.04 bits per heavy atom. The maximum absolute atomic E-state index is 12.3. The average Bonchev–Trinajstić information content (AvgIpc) is 3.14. The first-order valence-corrected chi connectivity index (χ1v) is 9.77. The van der Waals surface area contributed by atoms with Crippen molar-refractivity contribution >= 4 is 27.5 Å². The van der Waals surface area contributed by atoms with Gasteiger partial charge in [-0.1, -0.05) is 5.16 Å². The number of Topliss-reactive ketones (excluding diaryl/α,β-unsaturated/α-hetero) is 1. The number of nitrogens with zero attached hydrogens (tertiary/aromatic N) is 2. The van der Waals surface area contributed by atoms with Crippen LogP contribution in [0.2, 0.25) is 0 Å². The van der Waals surface area contributed by atoms with Gasteiger partial charge in [-0.05, 0) is 44.0 Å². The highest BCUT2D eigenvalue weighted by Gasteiger charge is 2.27. The molecule has 8 nitrogen and oxygen atoms in total. The fraction of sp³-hybridized carbons (Fsp3) is 0.353. The maximum Gasteiger partial charge on any atom is 0.344 e. The van der Waals surface area contributed by atoms with Gasteiger partial charge in [0.25, 0.3) is 0 Å². The van der Waals surface area contributed by atoms with E-state index in [9.17, 15) is 18.0 Å². The number of benzene rings is 1. The summed E-state index contributed by atoms with van der Waals surface area (Å²) in [7, 11) is -3.34. The summed E-state index contributed by atoms with van der Waals surface area (Å²) in [6, 6.07) is 4.79. The van der Waals surface area contributed by atoms with E-state index in [1.165, 1.54) is 10.4 Å². The fourth-order valence-electron chi connectivity index (χ4n) is 2.95. The minimum atomic E-state index is -3.34. The van der Waals surface area contributed by atoms with Gasteiger partial charge in [0.2, 0.25) is 10.0 Å². The molecule has 0 saturated carbocycles. The van der Waals surface area contributed by atoms with Crippen LogP contribution in [0.4, 0.5) is 5.69 Å². The zero-order chi connectivity index (χ0) is 19.1. The van der Waals surface area contributed by atoms with Crippen LogP contribution in [0.3, 0.4) is 0 Å². The van der Waals surface area contributed by atoms with Crippen LogP contribution in [-0.4, -0.2) is 44.7 Å². The Morgan fingerprint density at radius 3 is 2.65 bits per heavy atom. The summed E-state index contributed by atoms with van der Waals surface area (Å²) in [5.74, 6) is -0.705. The van der Waals surface area contributed by atoms with Gasteiger partial charge in [-0.25, -0.2) is 13.2 Å². The highest BCUT2D eigenvalue weighted by Crippen LogP contribution is 2.30. The highest BCUT2D eigenvalue weighted by molar-refractivity contribution is 7.92. The van der Waals surface area contributed by atoms with E-state index in [1.54, 1.807) is 26.0 Å². The Morgan fingerprint density at radius 1 is 1.31 bits per heavy atom. The number of ketones is 1. The Kier molecular flexibility index (Phi) is 4.57. The van der Waals surface area contributed by atoms with Crippen molar-refractivity contribution in [2.45, 2.75) is 20.3 Å². The van der Waals surface area contributed by atoms with Crippen molar-refractivity contribution in [1.29, 1.82) is 0 Å². The van der Waals surface area contributed by atoms with Gasteiger partial charge in [0.15, 0.2) is 12.4 Å². The van der Waals surface area contributed by atoms with Gasteiger partial charge in [-0.3, -0.25) is 9.10 Å². The Hall–Kier alpha value is -2.68. The van der Waals surface area contributed by atoms with Crippen LogP contribution in [0, 0.1) is 13.8 Å². The zero-order valence-corrected chi connectivity index (χ0v) is 15.4. The largest absolute Gasteiger partial charge is 0.454 e. The number of sulfonamides is 1. The lowest BCUT2D eigenvalue weighted by atomic mass is 10.1. The number of hydrogen-bond acceptors (Lipinski definition) is 7. The first kappa shape index (κ1) is 18.1. The van der Waals surface area contributed by atoms with E-state index < -0.39 is 22.6 Å². The third-order valence-electron chi connectivity index (χ3n) is 4.23. The van der Waals surface area contributed by atoms with Crippen molar-refractivity contribution in [3.63, 3.8) is 0 Å². The number of esters is 1. The van der Waals surface area contributed by atoms with Gasteiger partial charge in [0.1, 0.15) is 11.3 Å². The molecule has 1 aliphatic rings.